The smallest absolute Gasteiger partial charge is 0.101 e. The Hall–Kier alpha value is -0.640. The largest absolute Gasteiger partial charge is 0.392 e. The van der Waals surface area contributed by atoms with Crippen molar-refractivity contribution in [2.75, 3.05) is 6.61 Å². The molecule has 0 saturated carbocycles. The first-order valence-electron chi connectivity index (χ1n) is 4.24. The molecule has 1 atom stereocenters. The van der Waals surface area contributed by atoms with E-state index in [9.17, 15) is 10.2 Å². The van der Waals surface area contributed by atoms with Crippen molar-refractivity contribution in [2.45, 2.75) is 32.5 Å². The van der Waals surface area contributed by atoms with Crippen molar-refractivity contribution >= 4 is 0 Å². The van der Waals surface area contributed by atoms with Gasteiger partial charge in [-0.3, -0.25) is 0 Å². The van der Waals surface area contributed by atoms with Gasteiger partial charge < -0.3 is 15.3 Å². The predicted octanol–water partition coefficient (Wildman–Crippen LogP) is 0.613. The third-order valence-electron chi connectivity index (χ3n) is 1.68. The van der Waals surface area contributed by atoms with Crippen molar-refractivity contribution in [3.8, 4) is 0 Å². The van der Waals surface area contributed by atoms with E-state index in [1.54, 1.807) is 12.2 Å². The lowest BCUT2D eigenvalue weighted by atomic mass is 10.0. The summed E-state index contributed by atoms with van der Waals surface area (Å²) in [7, 11) is 0. The summed E-state index contributed by atoms with van der Waals surface area (Å²) >= 11 is 0. The van der Waals surface area contributed by atoms with Crippen LogP contribution in [-0.4, -0.2) is 33.6 Å². The first-order valence-corrected chi connectivity index (χ1v) is 4.24. The molecule has 0 aliphatic heterocycles. The molecule has 0 spiro atoms. The number of aliphatic hydroxyl groups is 3. The van der Waals surface area contributed by atoms with Crippen molar-refractivity contribution in [2.24, 2.45) is 0 Å². The maximum absolute atomic E-state index is 9.38. The van der Waals surface area contributed by atoms with Gasteiger partial charge >= 0.3 is 0 Å². The third-order valence-corrected chi connectivity index (χ3v) is 1.68. The highest BCUT2D eigenvalue weighted by Gasteiger charge is 2.21. The van der Waals surface area contributed by atoms with Crippen molar-refractivity contribution in [1.82, 2.24) is 0 Å². The average molecular weight is 186 g/mol. The number of allylic oxidation sites excluding steroid dienone is 2. The van der Waals surface area contributed by atoms with Gasteiger partial charge in [-0.1, -0.05) is 23.8 Å². The standard InChI is InChI=1S/C10H18O3/c1-8(6-7-11)4-5-9(12)10(2,3)13/h4-6,9,11-13H,7H2,1-3H3. The zero-order valence-electron chi connectivity index (χ0n) is 8.36. The van der Waals surface area contributed by atoms with Crippen LogP contribution in [0.2, 0.25) is 0 Å². The van der Waals surface area contributed by atoms with Crippen LogP contribution in [0.3, 0.4) is 0 Å². The number of hydrogen-bond donors (Lipinski definition) is 3. The number of hydrogen-bond acceptors (Lipinski definition) is 3. The fraction of sp³-hybridized carbons (Fsp3) is 0.600. The van der Waals surface area contributed by atoms with E-state index in [1.165, 1.54) is 19.9 Å². The van der Waals surface area contributed by atoms with Crippen LogP contribution in [0.15, 0.2) is 23.8 Å². The minimum atomic E-state index is -1.13. The zero-order chi connectivity index (χ0) is 10.5. The Bertz CT molecular complexity index is 199. The van der Waals surface area contributed by atoms with Gasteiger partial charge in [0, 0.05) is 0 Å². The van der Waals surface area contributed by atoms with E-state index in [4.69, 9.17) is 5.11 Å². The van der Waals surface area contributed by atoms with E-state index in [1.807, 2.05) is 6.92 Å². The molecular weight excluding hydrogens is 168 g/mol. The normalized spacial score (nSPS) is 16.6. The monoisotopic (exact) mass is 186 g/mol. The molecule has 0 amide bonds. The SMILES string of the molecule is CC(C=CC(O)C(C)(C)O)=CCO. The molecular formula is C10H18O3. The average Bonchev–Trinajstić information content (AvgIpc) is 1.99. The van der Waals surface area contributed by atoms with Gasteiger partial charge in [0.2, 0.25) is 0 Å². The maximum atomic E-state index is 9.38. The van der Waals surface area contributed by atoms with Crippen molar-refractivity contribution in [3.63, 3.8) is 0 Å². The Kier molecular flexibility index (Phi) is 4.91. The number of rotatable bonds is 4. The topological polar surface area (TPSA) is 60.7 Å². The van der Waals surface area contributed by atoms with E-state index in [-0.39, 0.29) is 6.61 Å². The molecule has 0 rings (SSSR count). The van der Waals surface area contributed by atoms with Crippen LogP contribution in [0, 0.1) is 0 Å². The van der Waals surface area contributed by atoms with Crippen LogP contribution in [0.25, 0.3) is 0 Å². The van der Waals surface area contributed by atoms with Gasteiger partial charge in [-0.25, -0.2) is 0 Å². The Morgan fingerprint density at radius 2 is 2.00 bits per heavy atom. The Labute approximate surface area is 79.0 Å². The lowest BCUT2D eigenvalue weighted by molar-refractivity contribution is -0.0226. The highest BCUT2D eigenvalue weighted by Crippen LogP contribution is 2.10. The van der Waals surface area contributed by atoms with Gasteiger partial charge in [0.15, 0.2) is 0 Å². The minimum Gasteiger partial charge on any atom is -0.392 e. The van der Waals surface area contributed by atoms with Crippen LogP contribution < -0.4 is 0 Å². The fourth-order valence-corrected chi connectivity index (χ4v) is 0.690. The van der Waals surface area contributed by atoms with E-state index in [0.717, 1.165) is 5.57 Å². The molecule has 0 aromatic carbocycles. The summed E-state index contributed by atoms with van der Waals surface area (Å²) in [6, 6.07) is 0. The van der Waals surface area contributed by atoms with Crippen molar-refractivity contribution in [3.05, 3.63) is 23.8 Å². The minimum absolute atomic E-state index is 0.0191. The van der Waals surface area contributed by atoms with E-state index >= 15 is 0 Å². The fourth-order valence-electron chi connectivity index (χ4n) is 0.690. The summed E-state index contributed by atoms with van der Waals surface area (Å²) in [6.45, 7) is 4.86. The second-order valence-electron chi connectivity index (χ2n) is 3.59. The summed E-state index contributed by atoms with van der Waals surface area (Å²) < 4.78 is 0. The van der Waals surface area contributed by atoms with Gasteiger partial charge in [-0.15, -0.1) is 0 Å². The van der Waals surface area contributed by atoms with E-state index in [2.05, 4.69) is 0 Å². The summed E-state index contributed by atoms with van der Waals surface area (Å²) in [4.78, 5) is 0. The van der Waals surface area contributed by atoms with E-state index < -0.39 is 11.7 Å². The quantitative estimate of drug-likeness (QED) is 0.564. The molecule has 13 heavy (non-hydrogen) atoms. The van der Waals surface area contributed by atoms with Gasteiger partial charge in [0.1, 0.15) is 6.10 Å². The molecule has 1 unspecified atom stereocenters. The van der Waals surface area contributed by atoms with Crippen molar-refractivity contribution in [1.29, 1.82) is 0 Å². The molecule has 3 nitrogen and oxygen atoms in total. The van der Waals surface area contributed by atoms with Crippen molar-refractivity contribution < 1.29 is 15.3 Å². The van der Waals surface area contributed by atoms with Crippen LogP contribution in [0.5, 0.6) is 0 Å². The second-order valence-corrected chi connectivity index (χ2v) is 3.59. The molecule has 0 aromatic rings. The summed E-state index contributed by atoms with van der Waals surface area (Å²) in [5.74, 6) is 0. The van der Waals surface area contributed by atoms with Crippen LogP contribution in [0.4, 0.5) is 0 Å². The molecule has 0 bridgehead atoms. The molecule has 0 saturated heterocycles. The third kappa shape index (κ3) is 5.58. The first kappa shape index (κ1) is 12.4. The maximum Gasteiger partial charge on any atom is 0.101 e. The molecule has 0 heterocycles. The molecule has 0 aliphatic carbocycles. The summed E-state index contributed by atoms with van der Waals surface area (Å²) in [6.07, 6.45) is 3.89. The Morgan fingerprint density at radius 3 is 2.38 bits per heavy atom. The lowest BCUT2D eigenvalue weighted by Gasteiger charge is -2.21. The molecule has 3 heteroatoms. The molecule has 0 fully saturated rings. The molecule has 0 radical (unpaired) electrons. The van der Waals surface area contributed by atoms with Gasteiger partial charge in [0.25, 0.3) is 0 Å². The molecule has 76 valence electrons. The van der Waals surface area contributed by atoms with Gasteiger partial charge in [-0.2, -0.15) is 0 Å². The first-order chi connectivity index (χ1) is 5.88. The van der Waals surface area contributed by atoms with Gasteiger partial charge in [0.05, 0.1) is 12.2 Å². The molecule has 0 aromatic heterocycles. The van der Waals surface area contributed by atoms with Crippen LogP contribution in [-0.2, 0) is 0 Å². The Morgan fingerprint density at radius 1 is 1.46 bits per heavy atom. The van der Waals surface area contributed by atoms with Crippen LogP contribution >= 0.6 is 0 Å². The lowest BCUT2D eigenvalue weighted by Crippen LogP contribution is -2.34. The number of aliphatic hydroxyl groups excluding tert-OH is 2. The second kappa shape index (κ2) is 5.17. The summed E-state index contributed by atoms with van der Waals surface area (Å²) in [5.41, 5.74) is -0.276. The highest BCUT2D eigenvalue weighted by atomic mass is 16.3. The van der Waals surface area contributed by atoms with Gasteiger partial charge in [-0.05, 0) is 20.8 Å². The predicted molar refractivity (Wildman–Crippen MR) is 52.3 cm³/mol. The highest BCUT2D eigenvalue weighted by molar-refractivity contribution is 5.17. The molecule has 0 aliphatic rings. The summed E-state index contributed by atoms with van der Waals surface area (Å²) in [5, 5.41) is 27.3. The zero-order valence-corrected chi connectivity index (χ0v) is 8.36. The van der Waals surface area contributed by atoms with Crippen LogP contribution in [0.1, 0.15) is 20.8 Å². The Balaban J connectivity index is 4.20. The van der Waals surface area contributed by atoms with E-state index in [0.29, 0.717) is 0 Å². The molecule has 3 N–H and O–H groups in total.